The summed E-state index contributed by atoms with van der Waals surface area (Å²) in [6.45, 7) is 7.40. The Balaban J connectivity index is 1.91. The van der Waals surface area contributed by atoms with Gasteiger partial charge in [-0.2, -0.15) is 0 Å². The molecule has 2 aromatic rings. The molecule has 0 aliphatic heterocycles. The van der Waals surface area contributed by atoms with Gasteiger partial charge in [0.05, 0.1) is 6.26 Å². The number of carbonyl (C=O) groups is 1. The first-order valence-corrected chi connectivity index (χ1v) is 9.40. The Morgan fingerprint density at radius 2 is 1.96 bits per heavy atom. The van der Waals surface area contributed by atoms with Crippen LogP contribution in [0.25, 0.3) is 10.8 Å². The first-order chi connectivity index (χ1) is 11.6. The quantitative estimate of drug-likeness (QED) is 0.566. The van der Waals surface area contributed by atoms with E-state index in [9.17, 15) is 4.79 Å². The summed E-state index contributed by atoms with van der Waals surface area (Å²) in [6, 6.07) is 6.27. The van der Waals surface area contributed by atoms with Gasteiger partial charge in [-0.25, -0.2) is 0 Å². The minimum atomic E-state index is -0.101. The van der Waals surface area contributed by atoms with Gasteiger partial charge in [-0.3, -0.25) is 4.79 Å². The third-order valence-electron chi connectivity index (χ3n) is 4.45. The number of rotatable bonds is 10. The van der Waals surface area contributed by atoms with Gasteiger partial charge in [-0.05, 0) is 36.8 Å². The van der Waals surface area contributed by atoms with Crippen LogP contribution >= 0.6 is 0 Å². The van der Waals surface area contributed by atoms with Crippen molar-refractivity contribution in [2.45, 2.75) is 65.7 Å². The van der Waals surface area contributed by atoms with E-state index in [1.807, 2.05) is 6.07 Å². The highest BCUT2D eigenvalue weighted by Crippen LogP contribution is 2.23. The van der Waals surface area contributed by atoms with Crippen molar-refractivity contribution in [2.75, 3.05) is 6.54 Å². The van der Waals surface area contributed by atoms with Gasteiger partial charge in [-0.1, -0.05) is 58.6 Å². The number of hydrogen-bond donors (Lipinski definition) is 1. The summed E-state index contributed by atoms with van der Waals surface area (Å²) in [7, 11) is 0. The fraction of sp³-hybridized carbons (Fsp3) is 0.571. The molecule has 0 saturated carbocycles. The number of fused-ring (bicyclic) bond motifs is 1. The maximum atomic E-state index is 12.3. The zero-order chi connectivity index (χ0) is 17.4. The van der Waals surface area contributed by atoms with Crippen molar-refractivity contribution in [1.82, 2.24) is 5.32 Å². The molecule has 0 radical (unpaired) electrons. The molecule has 0 unspecified atom stereocenters. The van der Waals surface area contributed by atoms with Crippen LogP contribution in [0.4, 0.5) is 0 Å². The predicted octanol–water partition coefficient (Wildman–Crippen LogP) is 5.72. The van der Waals surface area contributed by atoms with Crippen LogP contribution in [-0.2, 0) is 6.42 Å². The highest BCUT2D eigenvalue weighted by Gasteiger charge is 2.14. The molecule has 3 nitrogen and oxygen atoms in total. The van der Waals surface area contributed by atoms with Crippen LogP contribution in [0.1, 0.15) is 75.4 Å². The molecule has 2 rings (SSSR count). The summed E-state index contributed by atoms with van der Waals surface area (Å²) in [6.07, 6.45) is 9.90. The lowest BCUT2D eigenvalue weighted by atomic mass is 10.0. The van der Waals surface area contributed by atoms with Crippen molar-refractivity contribution in [3.05, 3.63) is 35.8 Å². The summed E-state index contributed by atoms with van der Waals surface area (Å²) in [5.41, 5.74) is 1.31. The molecule has 0 spiro atoms. The van der Waals surface area contributed by atoms with Gasteiger partial charge in [-0.15, -0.1) is 0 Å². The van der Waals surface area contributed by atoms with E-state index in [4.69, 9.17) is 4.42 Å². The Morgan fingerprint density at radius 1 is 1.17 bits per heavy atom. The molecule has 1 amide bonds. The third-order valence-corrected chi connectivity index (χ3v) is 4.45. The van der Waals surface area contributed by atoms with Gasteiger partial charge >= 0.3 is 0 Å². The van der Waals surface area contributed by atoms with E-state index in [-0.39, 0.29) is 5.91 Å². The van der Waals surface area contributed by atoms with Gasteiger partial charge in [0.25, 0.3) is 5.91 Å². The number of aryl methyl sites for hydroxylation is 1. The molecule has 1 aromatic heterocycles. The number of furan rings is 1. The number of nitrogens with one attached hydrogen (secondary N) is 1. The number of benzene rings is 1. The standard InChI is InChI=1S/C21H31NO2/c1-4-5-6-7-8-13-22-21(23)20-19-12-11-17(10-9-16(2)3)14-18(19)15-24-20/h11-12,14-16H,4-10,13H2,1-3H3,(H,22,23). The molecule has 1 N–H and O–H groups in total. The second-order valence-electron chi connectivity index (χ2n) is 7.09. The molecular weight excluding hydrogens is 298 g/mol. The Labute approximate surface area is 145 Å². The number of unbranched alkanes of at least 4 members (excludes halogenated alkanes) is 4. The SMILES string of the molecule is CCCCCCCNC(=O)c1occ2cc(CCC(C)C)ccc12. The molecule has 24 heavy (non-hydrogen) atoms. The van der Waals surface area contributed by atoms with E-state index in [0.717, 1.165) is 30.2 Å². The van der Waals surface area contributed by atoms with Gasteiger partial charge in [0.1, 0.15) is 0 Å². The summed E-state index contributed by atoms with van der Waals surface area (Å²) in [5, 5.41) is 4.90. The monoisotopic (exact) mass is 329 g/mol. The predicted molar refractivity (Wildman–Crippen MR) is 100 cm³/mol. The maximum Gasteiger partial charge on any atom is 0.287 e. The molecule has 132 valence electrons. The van der Waals surface area contributed by atoms with Gasteiger partial charge in [0.2, 0.25) is 0 Å². The normalized spacial score (nSPS) is 11.3. The highest BCUT2D eigenvalue weighted by molar-refractivity contribution is 6.04. The van der Waals surface area contributed by atoms with E-state index in [2.05, 4.69) is 38.2 Å². The summed E-state index contributed by atoms with van der Waals surface area (Å²) >= 11 is 0. The minimum Gasteiger partial charge on any atom is -0.458 e. The molecule has 0 atom stereocenters. The average Bonchev–Trinajstić information content (AvgIpc) is 2.99. The van der Waals surface area contributed by atoms with Crippen LogP contribution < -0.4 is 5.32 Å². The number of carbonyl (C=O) groups excluding carboxylic acids is 1. The first-order valence-electron chi connectivity index (χ1n) is 9.40. The Bertz CT molecular complexity index is 642. The molecule has 0 aliphatic rings. The Morgan fingerprint density at radius 3 is 2.71 bits per heavy atom. The second-order valence-corrected chi connectivity index (χ2v) is 7.09. The lowest BCUT2D eigenvalue weighted by molar-refractivity contribution is 0.0927. The summed E-state index contributed by atoms with van der Waals surface area (Å²) in [5.74, 6) is 1.04. The summed E-state index contributed by atoms with van der Waals surface area (Å²) < 4.78 is 5.54. The molecule has 0 bridgehead atoms. The van der Waals surface area contributed by atoms with E-state index in [1.54, 1.807) is 6.26 Å². The van der Waals surface area contributed by atoms with Crippen LogP contribution in [0, 0.1) is 5.92 Å². The van der Waals surface area contributed by atoms with Crippen LogP contribution in [0.3, 0.4) is 0 Å². The molecule has 1 aromatic carbocycles. The third kappa shape index (κ3) is 5.40. The zero-order valence-corrected chi connectivity index (χ0v) is 15.4. The smallest absolute Gasteiger partial charge is 0.287 e. The van der Waals surface area contributed by atoms with Crippen LogP contribution in [-0.4, -0.2) is 12.5 Å². The van der Waals surface area contributed by atoms with Crippen LogP contribution in [0.15, 0.2) is 28.9 Å². The van der Waals surface area contributed by atoms with Crippen molar-refractivity contribution in [3.63, 3.8) is 0 Å². The van der Waals surface area contributed by atoms with E-state index in [0.29, 0.717) is 11.7 Å². The molecular formula is C21H31NO2. The van der Waals surface area contributed by atoms with Crippen molar-refractivity contribution in [1.29, 1.82) is 0 Å². The number of hydrogen-bond acceptors (Lipinski definition) is 2. The highest BCUT2D eigenvalue weighted by atomic mass is 16.3. The fourth-order valence-corrected chi connectivity index (χ4v) is 2.90. The molecule has 0 aliphatic carbocycles. The van der Waals surface area contributed by atoms with E-state index in [1.165, 1.54) is 37.7 Å². The maximum absolute atomic E-state index is 12.3. The average molecular weight is 329 g/mol. The fourth-order valence-electron chi connectivity index (χ4n) is 2.90. The van der Waals surface area contributed by atoms with Crippen LogP contribution in [0.2, 0.25) is 0 Å². The van der Waals surface area contributed by atoms with Gasteiger partial charge < -0.3 is 9.73 Å². The minimum absolute atomic E-state index is 0.101. The van der Waals surface area contributed by atoms with E-state index >= 15 is 0 Å². The number of amides is 1. The topological polar surface area (TPSA) is 42.2 Å². The lowest BCUT2D eigenvalue weighted by Gasteiger charge is -2.05. The molecule has 0 fully saturated rings. The van der Waals surface area contributed by atoms with E-state index < -0.39 is 0 Å². The van der Waals surface area contributed by atoms with Gasteiger partial charge in [0.15, 0.2) is 5.76 Å². The molecule has 1 heterocycles. The Hall–Kier alpha value is -1.77. The molecule has 0 saturated heterocycles. The van der Waals surface area contributed by atoms with Crippen molar-refractivity contribution in [2.24, 2.45) is 5.92 Å². The lowest BCUT2D eigenvalue weighted by Crippen LogP contribution is -2.24. The van der Waals surface area contributed by atoms with Crippen LogP contribution in [0.5, 0.6) is 0 Å². The Kier molecular flexibility index (Phi) is 7.36. The largest absolute Gasteiger partial charge is 0.458 e. The van der Waals surface area contributed by atoms with Gasteiger partial charge in [0, 0.05) is 17.3 Å². The van der Waals surface area contributed by atoms with Crippen molar-refractivity contribution >= 4 is 16.7 Å². The zero-order valence-electron chi connectivity index (χ0n) is 15.4. The molecule has 3 heteroatoms. The second kappa shape index (κ2) is 9.51. The van der Waals surface area contributed by atoms with Crippen molar-refractivity contribution < 1.29 is 9.21 Å². The van der Waals surface area contributed by atoms with Crippen molar-refractivity contribution in [3.8, 4) is 0 Å². The summed E-state index contributed by atoms with van der Waals surface area (Å²) in [4.78, 5) is 12.3. The first kappa shape index (κ1) is 18.6.